The van der Waals surface area contributed by atoms with Crippen LogP contribution < -0.4 is 5.84 Å². The largest absolute Gasteiger partial charge is 0.255 e. The smallest absolute Gasteiger partial charge is 0.255 e. The molecule has 0 aliphatic rings. The Morgan fingerprint density at radius 2 is 1.75 bits per heavy atom. The Labute approximate surface area is 97.1 Å². The van der Waals surface area contributed by atoms with Gasteiger partial charge in [-0.3, -0.25) is 5.84 Å². The molecular formula is C11H18N2O2S. The second-order valence-electron chi connectivity index (χ2n) is 4.28. The van der Waals surface area contributed by atoms with Gasteiger partial charge in [0.25, 0.3) is 10.0 Å². The predicted octanol–water partition coefficient (Wildman–Crippen LogP) is 1.52. The van der Waals surface area contributed by atoms with E-state index in [9.17, 15) is 8.42 Å². The first kappa shape index (κ1) is 13.2. The van der Waals surface area contributed by atoms with E-state index in [-0.39, 0.29) is 10.8 Å². The zero-order valence-corrected chi connectivity index (χ0v) is 10.7. The first-order chi connectivity index (χ1) is 7.34. The van der Waals surface area contributed by atoms with Gasteiger partial charge >= 0.3 is 0 Å². The molecule has 5 heteroatoms. The first-order valence-electron chi connectivity index (χ1n) is 5.18. The Hall–Kier alpha value is -0.910. The third-order valence-corrected chi connectivity index (χ3v) is 3.81. The molecule has 90 valence electrons. The molecule has 0 fully saturated rings. The predicted molar refractivity (Wildman–Crippen MR) is 64.1 cm³/mol. The van der Waals surface area contributed by atoms with E-state index in [1.54, 1.807) is 24.3 Å². The van der Waals surface area contributed by atoms with Gasteiger partial charge in [0.05, 0.1) is 4.90 Å². The number of hydrogen-bond acceptors (Lipinski definition) is 3. The van der Waals surface area contributed by atoms with E-state index >= 15 is 0 Å². The van der Waals surface area contributed by atoms with Crippen molar-refractivity contribution in [3.8, 4) is 0 Å². The maximum absolute atomic E-state index is 12.0. The van der Waals surface area contributed by atoms with Gasteiger partial charge in [0.2, 0.25) is 0 Å². The molecule has 2 N–H and O–H groups in total. The van der Waals surface area contributed by atoms with Crippen LogP contribution in [-0.4, -0.2) is 19.4 Å². The number of nitrogens with zero attached hydrogens (tertiary/aromatic N) is 1. The summed E-state index contributed by atoms with van der Waals surface area (Å²) in [4.78, 5) is 0.237. The Bertz CT molecular complexity index is 438. The minimum absolute atomic E-state index is 0.199. The first-order valence-corrected chi connectivity index (χ1v) is 6.62. The highest BCUT2D eigenvalue weighted by Crippen LogP contribution is 2.14. The molecule has 0 spiro atoms. The minimum Gasteiger partial charge on any atom is -0.255 e. The van der Waals surface area contributed by atoms with Crippen LogP contribution in [0, 0.1) is 12.8 Å². The average molecular weight is 242 g/mol. The van der Waals surface area contributed by atoms with Crippen molar-refractivity contribution in [2.75, 3.05) is 6.54 Å². The van der Waals surface area contributed by atoms with E-state index in [0.29, 0.717) is 6.54 Å². The molecule has 0 radical (unpaired) electrons. The minimum atomic E-state index is -3.54. The van der Waals surface area contributed by atoms with Crippen LogP contribution in [0.4, 0.5) is 0 Å². The average Bonchev–Trinajstić information content (AvgIpc) is 2.17. The molecule has 0 heterocycles. The van der Waals surface area contributed by atoms with Gasteiger partial charge in [0.15, 0.2) is 0 Å². The second-order valence-corrected chi connectivity index (χ2v) is 6.17. The van der Waals surface area contributed by atoms with Gasteiger partial charge in [-0.15, -0.1) is 4.41 Å². The number of hydrazine groups is 1. The lowest BCUT2D eigenvalue weighted by atomic mass is 10.2. The van der Waals surface area contributed by atoms with Crippen molar-refractivity contribution in [1.82, 2.24) is 4.41 Å². The summed E-state index contributed by atoms with van der Waals surface area (Å²) < 4.78 is 24.9. The van der Waals surface area contributed by atoms with Crippen LogP contribution in [0.2, 0.25) is 0 Å². The van der Waals surface area contributed by atoms with Crippen LogP contribution in [0.3, 0.4) is 0 Å². The normalized spacial score (nSPS) is 12.4. The summed E-state index contributed by atoms with van der Waals surface area (Å²) in [6.07, 6.45) is 0. The van der Waals surface area contributed by atoms with Crippen LogP contribution in [0.5, 0.6) is 0 Å². The molecule has 16 heavy (non-hydrogen) atoms. The highest BCUT2D eigenvalue weighted by atomic mass is 32.2. The number of rotatable bonds is 4. The Morgan fingerprint density at radius 1 is 1.25 bits per heavy atom. The molecule has 0 aliphatic heterocycles. The van der Waals surface area contributed by atoms with Crippen LogP contribution in [0.15, 0.2) is 29.2 Å². The van der Waals surface area contributed by atoms with E-state index < -0.39 is 10.0 Å². The van der Waals surface area contributed by atoms with Crippen LogP contribution in [0.25, 0.3) is 0 Å². The monoisotopic (exact) mass is 242 g/mol. The summed E-state index contributed by atoms with van der Waals surface area (Å²) in [5.41, 5.74) is 1.02. The fourth-order valence-corrected chi connectivity index (χ4v) is 2.55. The molecule has 0 unspecified atom stereocenters. The third kappa shape index (κ3) is 3.04. The lowest BCUT2D eigenvalue weighted by Crippen LogP contribution is -2.39. The van der Waals surface area contributed by atoms with E-state index in [4.69, 9.17) is 5.84 Å². The zero-order chi connectivity index (χ0) is 12.3. The fourth-order valence-electron chi connectivity index (χ4n) is 1.30. The maximum Gasteiger partial charge on any atom is 0.255 e. The number of hydrogen-bond donors (Lipinski definition) is 1. The molecule has 0 bridgehead atoms. The Balaban J connectivity index is 2.97. The molecule has 1 rings (SSSR count). The summed E-state index contributed by atoms with van der Waals surface area (Å²) in [6.45, 7) is 6.07. The maximum atomic E-state index is 12.0. The van der Waals surface area contributed by atoms with Crippen LogP contribution in [-0.2, 0) is 10.0 Å². The third-order valence-electron chi connectivity index (χ3n) is 2.17. The highest BCUT2D eigenvalue weighted by Gasteiger charge is 2.21. The van der Waals surface area contributed by atoms with E-state index in [0.717, 1.165) is 9.98 Å². The molecule has 1 aromatic rings. The van der Waals surface area contributed by atoms with Gasteiger partial charge in [-0.05, 0) is 25.0 Å². The molecule has 0 atom stereocenters. The Morgan fingerprint density at radius 3 is 2.19 bits per heavy atom. The second kappa shape index (κ2) is 4.95. The molecule has 0 amide bonds. The van der Waals surface area contributed by atoms with E-state index in [1.807, 2.05) is 20.8 Å². The van der Waals surface area contributed by atoms with Crippen LogP contribution >= 0.6 is 0 Å². The van der Waals surface area contributed by atoms with Gasteiger partial charge in [-0.2, -0.15) is 0 Å². The number of aryl methyl sites for hydroxylation is 1. The molecular weight excluding hydrogens is 224 g/mol. The van der Waals surface area contributed by atoms with Gasteiger partial charge in [-0.1, -0.05) is 31.5 Å². The number of benzene rings is 1. The summed E-state index contributed by atoms with van der Waals surface area (Å²) in [5.74, 6) is 5.77. The molecule has 1 aromatic carbocycles. The SMILES string of the molecule is Cc1ccc(S(=O)(=O)N(N)CC(C)C)cc1. The number of nitrogens with two attached hydrogens (primary N) is 1. The standard InChI is InChI=1S/C11H18N2O2S/c1-9(2)8-13(12)16(14,15)11-6-4-10(3)5-7-11/h4-7,9H,8,12H2,1-3H3. The van der Waals surface area contributed by atoms with Crippen molar-refractivity contribution < 1.29 is 8.42 Å². The van der Waals surface area contributed by atoms with Crippen LogP contribution in [0.1, 0.15) is 19.4 Å². The lowest BCUT2D eigenvalue weighted by molar-refractivity contribution is 0.378. The fraction of sp³-hybridized carbons (Fsp3) is 0.455. The zero-order valence-electron chi connectivity index (χ0n) is 9.84. The van der Waals surface area contributed by atoms with E-state index in [2.05, 4.69) is 0 Å². The molecule has 0 saturated heterocycles. The van der Waals surface area contributed by atoms with E-state index in [1.165, 1.54) is 0 Å². The van der Waals surface area contributed by atoms with Crippen molar-refractivity contribution in [3.05, 3.63) is 29.8 Å². The van der Waals surface area contributed by atoms with Gasteiger partial charge in [0.1, 0.15) is 0 Å². The molecule has 0 aromatic heterocycles. The quantitative estimate of drug-likeness (QED) is 0.643. The Kier molecular flexibility index (Phi) is 4.07. The number of sulfonamides is 1. The molecule has 4 nitrogen and oxygen atoms in total. The van der Waals surface area contributed by atoms with Gasteiger partial charge in [-0.25, -0.2) is 8.42 Å². The summed E-state index contributed by atoms with van der Waals surface area (Å²) in [7, 11) is -3.54. The summed E-state index contributed by atoms with van der Waals surface area (Å²) >= 11 is 0. The van der Waals surface area contributed by atoms with Crippen molar-refractivity contribution in [2.45, 2.75) is 25.7 Å². The summed E-state index contributed by atoms with van der Waals surface area (Å²) in [6, 6.07) is 6.67. The highest BCUT2D eigenvalue weighted by molar-refractivity contribution is 7.89. The topological polar surface area (TPSA) is 63.4 Å². The molecule has 0 saturated carbocycles. The molecule has 0 aliphatic carbocycles. The summed E-state index contributed by atoms with van der Waals surface area (Å²) in [5, 5.41) is 0. The van der Waals surface area contributed by atoms with Crippen molar-refractivity contribution in [2.24, 2.45) is 11.8 Å². The van der Waals surface area contributed by atoms with Crippen molar-refractivity contribution in [1.29, 1.82) is 0 Å². The van der Waals surface area contributed by atoms with Crippen molar-refractivity contribution >= 4 is 10.0 Å². The van der Waals surface area contributed by atoms with Gasteiger partial charge in [0, 0.05) is 6.54 Å². The van der Waals surface area contributed by atoms with Gasteiger partial charge < -0.3 is 0 Å². The lowest BCUT2D eigenvalue weighted by Gasteiger charge is -2.18. The van der Waals surface area contributed by atoms with Crippen molar-refractivity contribution in [3.63, 3.8) is 0 Å².